The standard InChI is InChI=1S/C9H21N3.C7H15N.2C6H14N2.2C2H4/c1-2-11-6-8-12(9-7-11)5-3-4-10;1-2-8-6-4-3-5-7-8;2*1-7-8-5-3-2-4-6-8;2*1-2/h2-10H2,1H3;2-7H2,1H3;2*7H,2-6H2,1H3;2*1-2H2. The highest BCUT2D eigenvalue weighted by atomic mass is 15.5. The van der Waals surface area contributed by atoms with Crippen LogP contribution in [0.25, 0.3) is 0 Å². The zero-order chi connectivity index (χ0) is 30.3. The van der Waals surface area contributed by atoms with E-state index in [1.165, 1.54) is 143 Å². The molecule has 0 atom stereocenters. The van der Waals surface area contributed by atoms with Crippen molar-refractivity contribution in [2.75, 3.05) is 106 Å². The number of nitrogens with zero attached hydrogens (tertiary/aromatic N) is 5. The molecule has 0 unspecified atom stereocenters. The number of rotatable bonds is 7. The first-order chi connectivity index (χ1) is 19.7. The third-order valence-electron chi connectivity index (χ3n) is 7.83. The second-order valence-electron chi connectivity index (χ2n) is 10.5. The summed E-state index contributed by atoms with van der Waals surface area (Å²) in [6, 6.07) is 0. The van der Waals surface area contributed by atoms with Crippen molar-refractivity contribution in [3.05, 3.63) is 26.3 Å². The number of likely N-dealkylation sites (tertiary alicyclic amines) is 1. The van der Waals surface area contributed by atoms with E-state index in [0.717, 1.165) is 13.0 Å². The molecule has 4 N–H and O–H groups in total. The van der Waals surface area contributed by atoms with Crippen LogP contribution < -0.4 is 16.6 Å². The van der Waals surface area contributed by atoms with Crippen molar-refractivity contribution < 1.29 is 0 Å². The molecule has 0 spiro atoms. The molecule has 0 saturated carbocycles. The molecule has 0 amide bonds. The Kier molecular flexibility index (Phi) is 33.7. The molecule has 0 bridgehead atoms. The monoisotopic (exact) mass is 569 g/mol. The van der Waals surface area contributed by atoms with Gasteiger partial charge in [0.25, 0.3) is 0 Å². The molecule has 240 valence electrons. The fourth-order valence-electron chi connectivity index (χ4n) is 5.15. The fourth-order valence-corrected chi connectivity index (χ4v) is 5.15. The van der Waals surface area contributed by atoms with Crippen molar-refractivity contribution in [1.82, 2.24) is 35.6 Å². The minimum Gasteiger partial charge on any atom is -0.330 e. The van der Waals surface area contributed by atoms with Gasteiger partial charge in [-0.2, -0.15) is 0 Å². The van der Waals surface area contributed by atoms with Gasteiger partial charge in [0, 0.05) is 52.4 Å². The van der Waals surface area contributed by atoms with Gasteiger partial charge in [0.05, 0.1) is 0 Å². The summed E-state index contributed by atoms with van der Waals surface area (Å²) in [7, 11) is 3.98. The van der Waals surface area contributed by atoms with Gasteiger partial charge in [-0.05, 0) is 98.3 Å². The first-order valence-electron chi connectivity index (χ1n) is 16.4. The van der Waals surface area contributed by atoms with Crippen molar-refractivity contribution in [3.63, 3.8) is 0 Å². The van der Waals surface area contributed by atoms with Crippen LogP contribution in [0.1, 0.15) is 78.1 Å². The average molecular weight is 569 g/mol. The Bertz CT molecular complexity index is 425. The molecule has 0 aromatic rings. The van der Waals surface area contributed by atoms with Crippen molar-refractivity contribution >= 4 is 0 Å². The minimum atomic E-state index is 0.827. The van der Waals surface area contributed by atoms with E-state index in [-0.39, 0.29) is 0 Å². The third-order valence-corrected chi connectivity index (χ3v) is 7.83. The summed E-state index contributed by atoms with van der Waals surface area (Å²) in [4.78, 5) is 7.53. The van der Waals surface area contributed by atoms with Gasteiger partial charge in [-0.3, -0.25) is 10.9 Å². The summed E-state index contributed by atoms with van der Waals surface area (Å²) in [5, 5.41) is 4.53. The highest BCUT2D eigenvalue weighted by Crippen LogP contribution is 2.07. The molecule has 4 aliphatic heterocycles. The maximum Gasteiger partial charge on any atom is 0.0130 e. The number of likely N-dealkylation sites (N-methyl/N-ethyl adjacent to an activating group) is 1. The van der Waals surface area contributed by atoms with Gasteiger partial charge in [0.2, 0.25) is 0 Å². The molecule has 4 fully saturated rings. The van der Waals surface area contributed by atoms with Gasteiger partial charge in [-0.15, -0.1) is 26.3 Å². The summed E-state index contributed by atoms with van der Waals surface area (Å²) >= 11 is 0. The molecule has 40 heavy (non-hydrogen) atoms. The summed E-state index contributed by atoms with van der Waals surface area (Å²) in [5.74, 6) is 0. The predicted molar refractivity (Wildman–Crippen MR) is 180 cm³/mol. The first-order valence-corrected chi connectivity index (χ1v) is 16.4. The molecule has 4 aliphatic rings. The van der Waals surface area contributed by atoms with Gasteiger partial charge < -0.3 is 20.4 Å². The van der Waals surface area contributed by atoms with Crippen LogP contribution in [-0.2, 0) is 0 Å². The molecule has 4 heterocycles. The van der Waals surface area contributed by atoms with Gasteiger partial charge in [0.15, 0.2) is 0 Å². The lowest BCUT2D eigenvalue weighted by atomic mass is 10.1. The Morgan fingerprint density at radius 3 is 1.10 bits per heavy atom. The van der Waals surface area contributed by atoms with Crippen LogP contribution >= 0.6 is 0 Å². The number of piperazine rings is 1. The van der Waals surface area contributed by atoms with Crippen LogP contribution in [0.5, 0.6) is 0 Å². The van der Waals surface area contributed by atoms with Crippen LogP contribution in [0.3, 0.4) is 0 Å². The Morgan fingerprint density at radius 2 is 0.825 bits per heavy atom. The molecule has 8 nitrogen and oxygen atoms in total. The van der Waals surface area contributed by atoms with Crippen molar-refractivity contribution in [3.8, 4) is 0 Å². The Hall–Kier alpha value is -0.840. The van der Waals surface area contributed by atoms with E-state index in [2.05, 4.69) is 75.7 Å². The summed E-state index contributed by atoms with van der Waals surface area (Å²) in [5.41, 5.74) is 11.7. The zero-order valence-electron chi connectivity index (χ0n) is 27.6. The quantitative estimate of drug-likeness (QED) is 0.393. The highest BCUT2D eigenvalue weighted by molar-refractivity contribution is 4.70. The SMILES string of the molecule is C=C.C=C.CCN1CCCCC1.CCN1CCN(CCCN)CC1.CNN1CCCCC1.CNN1CCCCC1. The molecular formula is C32H72N8. The van der Waals surface area contributed by atoms with Crippen molar-refractivity contribution in [2.24, 2.45) is 5.73 Å². The molecule has 0 aliphatic carbocycles. The molecule has 4 saturated heterocycles. The maximum atomic E-state index is 5.46. The highest BCUT2D eigenvalue weighted by Gasteiger charge is 2.14. The summed E-state index contributed by atoms with van der Waals surface area (Å²) in [6.07, 6.45) is 13.7. The number of nitrogens with two attached hydrogens (primary N) is 1. The number of hydrogen-bond donors (Lipinski definition) is 3. The lowest BCUT2D eigenvalue weighted by molar-refractivity contribution is 0.137. The predicted octanol–water partition coefficient (Wildman–Crippen LogP) is 4.28. The summed E-state index contributed by atoms with van der Waals surface area (Å²) in [6.45, 7) is 33.5. The van der Waals surface area contributed by atoms with E-state index in [4.69, 9.17) is 5.73 Å². The Morgan fingerprint density at radius 1 is 0.500 bits per heavy atom. The molecular weight excluding hydrogens is 496 g/mol. The van der Waals surface area contributed by atoms with Crippen LogP contribution in [-0.4, -0.2) is 130 Å². The Balaban J connectivity index is 0. The van der Waals surface area contributed by atoms with Gasteiger partial charge in [-0.25, -0.2) is 10.0 Å². The van der Waals surface area contributed by atoms with E-state index >= 15 is 0 Å². The van der Waals surface area contributed by atoms with E-state index in [1.807, 2.05) is 14.1 Å². The average Bonchev–Trinajstić information content (AvgIpc) is 3.08. The van der Waals surface area contributed by atoms with Crippen molar-refractivity contribution in [2.45, 2.75) is 78.1 Å². The van der Waals surface area contributed by atoms with Crippen molar-refractivity contribution in [1.29, 1.82) is 0 Å². The molecule has 0 radical (unpaired) electrons. The summed E-state index contributed by atoms with van der Waals surface area (Å²) < 4.78 is 0. The van der Waals surface area contributed by atoms with Gasteiger partial charge in [-0.1, -0.05) is 33.1 Å². The second kappa shape index (κ2) is 32.7. The molecule has 8 heteroatoms. The topological polar surface area (TPSA) is 66.3 Å². The fraction of sp³-hybridized carbons (Fsp3) is 0.875. The minimum absolute atomic E-state index is 0.827. The number of hydrogen-bond acceptors (Lipinski definition) is 8. The molecule has 0 aromatic carbocycles. The molecule has 0 aromatic heterocycles. The van der Waals surface area contributed by atoms with Crippen LogP contribution in [0, 0.1) is 0 Å². The zero-order valence-corrected chi connectivity index (χ0v) is 27.6. The Labute approximate surface area is 251 Å². The second-order valence-corrected chi connectivity index (χ2v) is 10.5. The van der Waals surface area contributed by atoms with Gasteiger partial charge in [0.1, 0.15) is 0 Å². The number of hydrazine groups is 2. The van der Waals surface area contributed by atoms with E-state index in [1.54, 1.807) is 0 Å². The molecule has 4 rings (SSSR count). The largest absolute Gasteiger partial charge is 0.330 e. The normalized spacial score (nSPS) is 20.8. The lowest BCUT2D eigenvalue weighted by Crippen LogP contribution is -2.46. The van der Waals surface area contributed by atoms with Crippen LogP contribution in [0.4, 0.5) is 0 Å². The lowest BCUT2D eigenvalue weighted by Gasteiger charge is -2.33. The first kappa shape index (κ1) is 41.3. The van der Waals surface area contributed by atoms with E-state index in [0.29, 0.717) is 0 Å². The third kappa shape index (κ3) is 23.8. The smallest absolute Gasteiger partial charge is 0.0130 e. The number of piperidine rings is 3. The van der Waals surface area contributed by atoms with Crippen LogP contribution in [0.15, 0.2) is 26.3 Å². The van der Waals surface area contributed by atoms with Gasteiger partial charge >= 0.3 is 0 Å². The van der Waals surface area contributed by atoms with E-state index < -0.39 is 0 Å². The number of nitrogens with one attached hydrogen (secondary N) is 2. The maximum absolute atomic E-state index is 5.46. The van der Waals surface area contributed by atoms with Crippen LogP contribution in [0.2, 0.25) is 0 Å². The van der Waals surface area contributed by atoms with E-state index in [9.17, 15) is 0 Å².